The number of aromatic nitrogens is 2. The molecule has 1 aromatic carbocycles. The molecule has 0 radical (unpaired) electrons. The molecule has 6 heteroatoms. The number of nitrogens with one attached hydrogen (secondary N) is 1. The molecule has 3 aromatic rings. The monoisotopic (exact) mass is 319 g/mol. The fraction of sp³-hybridized carbons (Fsp3) is 0.200. The minimum atomic E-state index is -0.0524. The van der Waals surface area contributed by atoms with Gasteiger partial charge in [-0.2, -0.15) is 0 Å². The average Bonchev–Trinajstić information content (AvgIpc) is 2.94. The quantitative estimate of drug-likeness (QED) is 0.803. The van der Waals surface area contributed by atoms with Gasteiger partial charge in [-0.25, -0.2) is 4.98 Å². The second-order valence-corrected chi connectivity index (χ2v) is 6.05. The van der Waals surface area contributed by atoms with Gasteiger partial charge in [0.2, 0.25) is 0 Å². The van der Waals surface area contributed by atoms with Crippen LogP contribution in [0.5, 0.6) is 0 Å². The SMILES string of the molecule is CC(NCc1cc(=O)n2ccsc2n1)c1ccccc1Cl. The van der Waals surface area contributed by atoms with Crippen molar-refractivity contribution in [2.45, 2.75) is 19.5 Å². The molecule has 0 saturated heterocycles. The van der Waals surface area contributed by atoms with Crippen LogP contribution in [0.4, 0.5) is 0 Å². The van der Waals surface area contributed by atoms with Crippen LogP contribution in [0.15, 0.2) is 46.7 Å². The molecule has 108 valence electrons. The Morgan fingerprint density at radius 3 is 3.05 bits per heavy atom. The Balaban J connectivity index is 1.77. The summed E-state index contributed by atoms with van der Waals surface area (Å²) in [7, 11) is 0. The zero-order valence-electron chi connectivity index (χ0n) is 11.4. The van der Waals surface area contributed by atoms with Crippen molar-refractivity contribution in [1.29, 1.82) is 0 Å². The van der Waals surface area contributed by atoms with Crippen molar-refractivity contribution >= 4 is 27.9 Å². The number of hydrogen-bond acceptors (Lipinski definition) is 4. The molecular weight excluding hydrogens is 306 g/mol. The fourth-order valence-corrected chi connectivity index (χ4v) is 3.21. The van der Waals surface area contributed by atoms with E-state index in [-0.39, 0.29) is 11.6 Å². The van der Waals surface area contributed by atoms with E-state index in [0.717, 1.165) is 16.3 Å². The van der Waals surface area contributed by atoms with E-state index in [1.807, 2.05) is 36.6 Å². The van der Waals surface area contributed by atoms with E-state index >= 15 is 0 Å². The van der Waals surface area contributed by atoms with Crippen LogP contribution in [-0.4, -0.2) is 9.38 Å². The van der Waals surface area contributed by atoms with E-state index in [4.69, 9.17) is 11.6 Å². The maximum absolute atomic E-state index is 11.9. The van der Waals surface area contributed by atoms with Crippen LogP contribution < -0.4 is 10.9 Å². The molecule has 4 nitrogen and oxygen atoms in total. The summed E-state index contributed by atoms with van der Waals surface area (Å²) in [5.74, 6) is 0. The highest BCUT2D eigenvalue weighted by Crippen LogP contribution is 2.22. The molecule has 1 N–H and O–H groups in total. The molecule has 0 fully saturated rings. The van der Waals surface area contributed by atoms with E-state index in [0.29, 0.717) is 11.5 Å². The summed E-state index contributed by atoms with van der Waals surface area (Å²) in [6.45, 7) is 2.56. The maximum atomic E-state index is 11.9. The van der Waals surface area contributed by atoms with Crippen molar-refractivity contribution in [3.63, 3.8) is 0 Å². The van der Waals surface area contributed by atoms with Gasteiger partial charge in [-0.1, -0.05) is 29.8 Å². The van der Waals surface area contributed by atoms with E-state index in [9.17, 15) is 4.79 Å². The van der Waals surface area contributed by atoms with Crippen molar-refractivity contribution in [1.82, 2.24) is 14.7 Å². The molecule has 0 aliphatic rings. The standard InChI is InChI=1S/C15H14ClN3OS/c1-10(12-4-2-3-5-13(12)16)17-9-11-8-14(20)19-6-7-21-15(19)18-11/h2-8,10,17H,9H2,1H3. The lowest BCUT2D eigenvalue weighted by Crippen LogP contribution is -2.21. The largest absolute Gasteiger partial charge is 0.305 e. The first-order valence-electron chi connectivity index (χ1n) is 6.59. The second kappa shape index (κ2) is 5.97. The van der Waals surface area contributed by atoms with Gasteiger partial charge in [0.05, 0.1) is 5.69 Å². The van der Waals surface area contributed by atoms with Crippen molar-refractivity contribution < 1.29 is 0 Å². The molecule has 0 saturated carbocycles. The Labute approximate surface area is 131 Å². The first-order valence-corrected chi connectivity index (χ1v) is 7.84. The molecule has 1 atom stereocenters. The number of nitrogens with zero attached hydrogens (tertiary/aromatic N) is 2. The van der Waals surface area contributed by atoms with Gasteiger partial charge in [-0.05, 0) is 18.6 Å². The van der Waals surface area contributed by atoms with Crippen LogP contribution in [0.2, 0.25) is 5.02 Å². The third kappa shape index (κ3) is 3.00. The van der Waals surface area contributed by atoms with Gasteiger partial charge in [-0.3, -0.25) is 9.20 Å². The summed E-state index contributed by atoms with van der Waals surface area (Å²) in [6, 6.07) is 9.38. The smallest absolute Gasteiger partial charge is 0.258 e. The highest BCUT2D eigenvalue weighted by molar-refractivity contribution is 7.15. The zero-order chi connectivity index (χ0) is 14.8. The number of rotatable bonds is 4. The predicted octanol–water partition coefficient (Wildman–Crippen LogP) is 3.26. The number of benzene rings is 1. The van der Waals surface area contributed by atoms with Crippen LogP contribution >= 0.6 is 22.9 Å². The number of halogens is 1. The molecule has 2 heterocycles. The van der Waals surface area contributed by atoms with Crippen molar-refractivity contribution in [3.8, 4) is 0 Å². The Hall–Kier alpha value is -1.69. The Kier molecular flexibility index (Phi) is 4.05. The minimum absolute atomic E-state index is 0.0524. The van der Waals surface area contributed by atoms with Gasteiger partial charge in [0.15, 0.2) is 4.96 Å². The molecule has 21 heavy (non-hydrogen) atoms. The van der Waals surface area contributed by atoms with E-state index in [2.05, 4.69) is 10.3 Å². The molecule has 0 aliphatic heterocycles. The number of fused-ring (bicyclic) bond motifs is 1. The second-order valence-electron chi connectivity index (χ2n) is 4.77. The van der Waals surface area contributed by atoms with Gasteiger partial charge in [0.25, 0.3) is 5.56 Å². The molecule has 1 unspecified atom stereocenters. The Bertz CT molecular complexity index is 827. The van der Waals surface area contributed by atoms with E-state index in [1.54, 1.807) is 16.7 Å². The molecule has 0 spiro atoms. The molecule has 3 rings (SSSR count). The van der Waals surface area contributed by atoms with Crippen LogP contribution in [0.25, 0.3) is 4.96 Å². The van der Waals surface area contributed by atoms with E-state index in [1.165, 1.54) is 11.3 Å². The Morgan fingerprint density at radius 2 is 2.24 bits per heavy atom. The molecular formula is C15H14ClN3OS. The van der Waals surface area contributed by atoms with Gasteiger partial charge in [0.1, 0.15) is 0 Å². The molecule has 0 aliphatic carbocycles. The number of thiazole rings is 1. The lowest BCUT2D eigenvalue weighted by Gasteiger charge is -2.15. The van der Waals surface area contributed by atoms with Crippen molar-refractivity contribution in [2.75, 3.05) is 0 Å². The summed E-state index contributed by atoms with van der Waals surface area (Å²) in [6.07, 6.45) is 1.74. The lowest BCUT2D eigenvalue weighted by molar-refractivity contribution is 0.567. The first kappa shape index (κ1) is 14.3. The Morgan fingerprint density at radius 1 is 1.43 bits per heavy atom. The van der Waals surface area contributed by atoms with Gasteiger partial charge >= 0.3 is 0 Å². The third-order valence-electron chi connectivity index (χ3n) is 3.32. The molecule has 2 aromatic heterocycles. The summed E-state index contributed by atoms with van der Waals surface area (Å²) >= 11 is 7.63. The maximum Gasteiger partial charge on any atom is 0.258 e. The predicted molar refractivity (Wildman–Crippen MR) is 86.0 cm³/mol. The third-order valence-corrected chi connectivity index (χ3v) is 4.42. The highest BCUT2D eigenvalue weighted by Gasteiger charge is 2.09. The minimum Gasteiger partial charge on any atom is -0.305 e. The van der Waals surface area contributed by atoms with Crippen molar-refractivity contribution in [3.05, 3.63) is 68.5 Å². The summed E-state index contributed by atoms with van der Waals surface area (Å²) in [5, 5.41) is 5.94. The zero-order valence-corrected chi connectivity index (χ0v) is 13.0. The summed E-state index contributed by atoms with van der Waals surface area (Å²) in [5.41, 5.74) is 1.72. The number of hydrogen-bond donors (Lipinski definition) is 1. The average molecular weight is 320 g/mol. The summed E-state index contributed by atoms with van der Waals surface area (Å²) in [4.78, 5) is 17.1. The van der Waals surface area contributed by atoms with Crippen LogP contribution in [-0.2, 0) is 6.54 Å². The van der Waals surface area contributed by atoms with Gasteiger partial charge in [0, 0.05) is 35.3 Å². The van der Waals surface area contributed by atoms with Crippen molar-refractivity contribution in [2.24, 2.45) is 0 Å². The summed E-state index contributed by atoms with van der Waals surface area (Å²) < 4.78 is 1.55. The van der Waals surface area contributed by atoms with Crippen LogP contribution in [0.1, 0.15) is 24.2 Å². The topological polar surface area (TPSA) is 46.4 Å². The highest BCUT2D eigenvalue weighted by atomic mass is 35.5. The van der Waals surface area contributed by atoms with E-state index < -0.39 is 0 Å². The normalized spacial score (nSPS) is 12.7. The van der Waals surface area contributed by atoms with Gasteiger partial charge in [-0.15, -0.1) is 11.3 Å². The molecule has 0 amide bonds. The first-order chi connectivity index (χ1) is 10.1. The lowest BCUT2D eigenvalue weighted by atomic mass is 10.1. The molecule has 0 bridgehead atoms. The van der Waals surface area contributed by atoms with Crippen LogP contribution in [0.3, 0.4) is 0 Å². The van der Waals surface area contributed by atoms with Crippen LogP contribution in [0, 0.1) is 0 Å². The van der Waals surface area contributed by atoms with Gasteiger partial charge < -0.3 is 5.32 Å². The fourth-order valence-electron chi connectivity index (χ4n) is 2.17.